The molecule has 1 unspecified atom stereocenters. The lowest BCUT2D eigenvalue weighted by Crippen LogP contribution is -2.25. The Morgan fingerprint density at radius 3 is 2.65 bits per heavy atom. The molecule has 0 spiro atoms. The summed E-state index contributed by atoms with van der Waals surface area (Å²) in [6, 6.07) is 6.15. The third kappa shape index (κ3) is 3.22. The van der Waals surface area contributed by atoms with Gasteiger partial charge in [-0.25, -0.2) is 0 Å². The van der Waals surface area contributed by atoms with E-state index in [-0.39, 0.29) is 6.10 Å². The number of aryl methyl sites for hydroxylation is 2. The largest absolute Gasteiger partial charge is 0.491 e. The molecular formula is C15H22O2. The molecule has 0 heterocycles. The number of rotatable bonds is 4. The zero-order chi connectivity index (χ0) is 12.3. The number of benzene rings is 1. The summed E-state index contributed by atoms with van der Waals surface area (Å²) in [7, 11) is 0. The number of hydrogen-bond acceptors (Lipinski definition) is 2. The molecule has 2 rings (SSSR count). The molecule has 1 aromatic carbocycles. The van der Waals surface area contributed by atoms with Crippen LogP contribution in [0.15, 0.2) is 18.2 Å². The molecule has 1 aromatic rings. The second-order valence-corrected chi connectivity index (χ2v) is 5.19. The summed E-state index contributed by atoms with van der Waals surface area (Å²) in [4.78, 5) is 0. The van der Waals surface area contributed by atoms with Gasteiger partial charge in [-0.05, 0) is 44.2 Å². The topological polar surface area (TPSA) is 29.5 Å². The Balaban J connectivity index is 1.88. The number of aliphatic hydroxyl groups excluding tert-OH is 1. The highest BCUT2D eigenvalue weighted by Crippen LogP contribution is 2.28. The predicted molar refractivity (Wildman–Crippen MR) is 69.4 cm³/mol. The van der Waals surface area contributed by atoms with Gasteiger partial charge in [-0.2, -0.15) is 0 Å². The van der Waals surface area contributed by atoms with E-state index in [1.807, 2.05) is 19.1 Å². The molecule has 94 valence electrons. The van der Waals surface area contributed by atoms with Crippen molar-refractivity contribution in [1.82, 2.24) is 0 Å². The van der Waals surface area contributed by atoms with Crippen molar-refractivity contribution >= 4 is 0 Å². The summed E-state index contributed by atoms with van der Waals surface area (Å²) in [5.41, 5.74) is 2.38. The van der Waals surface area contributed by atoms with Gasteiger partial charge in [-0.1, -0.05) is 30.5 Å². The molecule has 17 heavy (non-hydrogen) atoms. The standard InChI is InChI=1S/C15H22O2/c1-11-7-8-15(12(2)9-11)17-10-14(16)13-5-3-4-6-13/h7-9,13-14,16H,3-6,10H2,1-2H3. The van der Waals surface area contributed by atoms with Gasteiger partial charge in [-0.3, -0.25) is 0 Å². The van der Waals surface area contributed by atoms with Gasteiger partial charge in [0.25, 0.3) is 0 Å². The van der Waals surface area contributed by atoms with Crippen LogP contribution < -0.4 is 4.74 Å². The lowest BCUT2D eigenvalue weighted by atomic mass is 10.0. The van der Waals surface area contributed by atoms with Crippen LogP contribution in [0.3, 0.4) is 0 Å². The van der Waals surface area contributed by atoms with Crippen LogP contribution in [0.5, 0.6) is 5.75 Å². The fraction of sp³-hybridized carbons (Fsp3) is 0.600. The van der Waals surface area contributed by atoms with E-state index in [9.17, 15) is 5.11 Å². The van der Waals surface area contributed by atoms with E-state index in [2.05, 4.69) is 13.0 Å². The highest BCUT2D eigenvalue weighted by Gasteiger charge is 2.23. The summed E-state index contributed by atoms with van der Waals surface area (Å²) in [5.74, 6) is 1.34. The van der Waals surface area contributed by atoms with E-state index in [4.69, 9.17) is 4.74 Å². The third-order valence-corrected chi connectivity index (χ3v) is 3.68. The Hall–Kier alpha value is -1.02. The van der Waals surface area contributed by atoms with Crippen molar-refractivity contribution in [3.05, 3.63) is 29.3 Å². The van der Waals surface area contributed by atoms with Crippen LogP contribution in [-0.2, 0) is 0 Å². The van der Waals surface area contributed by atoms with E-state index in [1.54, 1.807) is 0 Å². The summed E-state index contributed by atoms with van der Waals surface area (Å²) in [6.07, 6.45) is 4.50. The summed E-state index contributed by atoms with van der Waals surface area (Å²) >= 11 is 0. The third-order valence-electron chi connectivity index (χ3n) is 3.68. The maximum absolute atomic E-state index is 10.0. The summed E-state index contributed by atoms with van der Waals surface area (Å²) in [6.45, 7) is 4.54. The average molecular weight is 234 g/mol. The fourth-order valence-electron chi connectivity index (χ4n) is 2.61. The zero-order valence-electron chi connectivity index (χ0n) is 10.8. The lowest BCUT2D eigenvalue weighted by molar-refractivity contribution is 0.0591. The summed E-state index contributed by atoms with van der Waals surface area (Å²) in [5, 5.41) is 10.0. The monoisotopic (exact) mass is 234 g/mol. The first-order valence-electron chi connectivity index (χ1n) is 6.55. The van der Waals surface area contributed by atoms with Crippen molar-refractivity contribution in [3.63, 3.8) is 0 Å². The van der Waals surface area contributed by atoms with Gasteiger partial charge in [0.1, 0.15) is 12.4 Å². The normalized spacial score (nSPS) is 18.3. The number of hydrogen-bond donors (Lipinski definition) is 1. The van der Waals surface area contributed by atoms with E-state index in [1.165, 1.54) is 18.4 Å². The van der Waals surface area contributed by atoms with Crippen molar-refractivity contribution in [3.8, 4) is 5.75 Å². The quantitative estimate of drug-likeness (QED) is 0.866. The van der Waals surface area contributed by atoms with E-state index in [0.717, 1.165) is 24.2 Å². The molecule has 2 heteroatoms. The molecule has 0 aliphatic heterocycles. The first-order valence-corrected chi connectivity index (χ1v) is 6.55. The van der Waals surface area contributed by atoms with Crippen LogP contribution in [0.1, 0.15) is 36.8 Å². The Kier molecular flexibility index (Phi) is 4.06. The Morgan fingerprint density at radius 1 is 1.29 bits per heavy atom. The van der Waals surface area contributed by atoms with Gasteiger partial charge in [0.2, 0.25) is 0 Å². The number of ether oxygens (including phenoxy) is 1. The second-order valence-electron chi connectivity index (χ2n) is 5.19. The van der Waals surface area contributed by atoms with Crippen LogP contribution in [-0.4, -0.2) is 17.8 Å². The minimum atomic E-state index is -0.307. The van der Waals surface area contributed by atoms with Gasteiger partial charge in [0, 0.05) is 0 Å². The molecule has 0 bridgehead atoms. The molecule has 0 saturated heterocycles. The maximum Gasteiger partial charge on any atom is 0.122 e. The average Bonchev–Trinajstić information content (AvgIpc) is 2.81. The van der Waals surface area contributed by atoms with Gasteiger partial charge in [0.05, 0.1) is 6.10 Å². The molecule has 2 nitrogen and oxygen atoms in total. The first-order chi connectivity index (χ1) is 8.16. The van der Waals surface area contributed by atoms with Gasteiger partial charge >= 0.3 is 0 Å². The van der Waals surface area contributed by atoms with Crippen molar-refractivity contribution in [1.29, 1.82) is 0 Å². The SMILES string of the molecule is Cc1ccc(OCC(O)C2CCCC2)c(C)c1. The van der Waals surface area contributed by atoms with Gasteiger partial charge < -0.3 is 9.84 Å². The molecule has 1 fully saturated rings. The minimum Gasteiger partial charge on any atom is -0.491 e. The molecular weight excluding hydrogens is 212 g/mol. The highest BCUT2D eigenvalue weighted by molar-refractivity contribution is 5.35. The Morgan fingerprint density at radius 2 is 2.00 bits per heavy atom. The Bertz CT molecular complexity index is 367. The fourth-order valence-corrected chi connectivity index (χ4v) is 2.61. The minimum absolute atomic E-state index is 0.307. The zero-order valence-corrected chi connectivity index (χ0v) is 10.8. The highest BCUT2D eigenvalue weighted by atomic mass is 16.5. The van der Waals surface area contributed by atoms with Gasteiger partial charge in [-0.15, -0.1) is 0 Å². The lowest BCUT2D eigenvalue weighted by Gasteiger charge is -2.19. The van der Waals surface area contributed by atoms with Crippen LogP contribution in [0, 0.1) is 19.8 Å². The van der Waals surface area contributed by atoms with Crippen LogP contribution in [0.2, 0.25) is 0 Å². The van der Waals surface area contributed by atoms with Crippen LogP contribution >= 0.6 is 0 Å². The summed E-state index contributed by atoms with van der Waals surface area (Å²) < 4.78 is 5.72. The Labute approximate surface area is 104 Å². The van der Waals surface area contributed by atoms with Crippen LogP contribution in [0.4, 0.5) is 0 Å². The smallest absolute Gasteiger partial charge is 0.122 e. The predicted octanol–water partition coefficient (Wildman–Crippen LogP) is 3.23. The van der Waals surface area contributed by atoms with Crippen LogP contribution in [0.25, 0.3) is 0 Å². The molecule has 0 radical (unpaired) electrons. The molecule has 0 amide bonds. The first kappa shape index (κ1) is 12.4. The maximum atomic E-state index is 10.0. The molecule has 1 atom stereocenters. The van der Waals surface area contributed by atoms with Crippen molar-refractivity contribution in [2.24, 2.45) is 5.92 Å². The van der Waals surface area contributed by atoms with Gasteiger partial charge in [0.15, 0.2) is 0 Å². The second kappa shape index (κ2) is 5.54. The van der Waals surface area contributed by atoms with Crippen molar-refractivity contribution in [2.45, 2.75) is 45.6 Å². The molecule has 1 N–H and O–H groups in total. The van der Waals surface area contributed by atoms with E-state index in [0.29, 0.717) is 12.5 Å². The van der Waals surface area contributed by atoms with E-state index < -0.39 is 0 Å². The van der Waals surface area contributed by atoms with Crippen molar-refractivity contribution < 1.29 is 9.84 Å². The number of aliphatic hydroxyl groups is 1. The molecule has 1 saturated carbocycles. The molecule has 0 aromatic heterocycles. The van der Waals surface area contributed by atoms with E-state index >= 15 is 0 Å². The van der Waals surface area contributed by atoms with Crippen molar-refractivity contribution in [2.75, 3.05) is 6.61 Å². The molecule has 1 aliphatic carbocycles. The molecule has 1 aliphatic rings.